The fraction of sp³-hybridized carbons (Fsp3) is 0.647. The minimum atomic E-state index is -3.20. The molecule has 0 saturated heterocycles. The molecule has 23 heavy (non-hydrogen) atoms. The molecule has 0 radical (unpaired) electrons. The van der Waals surface area contributed by atoms with Crippen molar-refractivity contribution in [3.63, 3.8) is 0 Å². The maximum Gasteiger partial charge on any atom is 0.477 e. The summed E-state index contributed by atoms with van der Waals surface area (Å²) in [5.41, 5.74) is 3.74. The molecule has 0 aromatic heterocycles. The van der Waals surface area contributed by atoms with E-state index in [-0.39, 0.29) is 0 Å². The lowest BCUT2D eigenvalue weighted by Gasteiger charge is -2.37. The van der Waals surface area contributed by atoms with E-state index in [1.807, 2.05) is 11.4 Å². The first-order valence-corrected chi connectivity index (χ1v) is 16.6. The van der Waals surface area contributed by atoms with Crippen LogP contribution < -0.4 is 0 Å². The Bertz CT molecular complexity index is 465. The lowest BCUT2D eigenvalue weighted by molar-refractivity contribution is 0.238. The van der Waals surface area contributed by atoms with Crippen molar-refractivity contribution in [3.8, 4) is 0 Å². The van der Waals surface area contributed by atoms with E-state index in [0.29, 0.717) is 17.9 Å². The molecular weight excluding hydrogens is 336 g/mol. The van der Waals surface area contributed by atoms with Gasteiger partial charge in [0.1, 0.15) is 0 Å². The smallest absolute Gasteiger partial charge is 0.412 e. The molecule has 2 aliphatic rings. The van der Waals surface area contributed by atoms with Crippen molar-refractivity contribution in [2.24, 2.45) is 17.8 Å². The maximum atomic E-state index is 11.2. The molecular formula is C17H32O3Si3. The van der Waals surface area contributed by atoms with Crippen LogP contribution in [0.3, 0.4) is 0 Å². The van der Waals surface area contributed by atoms with E-state index in [9.17, 15) is 4.80 Å². The molecule has 3 nitrogen and oxygen atoms in total. The van der Waals surface area contributed by atoms with E-state index in [1.54, 1.807) is 0 Å². The van der Waals surface area contributed by atoms with Gasteiger partial charge < -0.3 is 13.0 Å². The standard InChI is InChI=1S/C17H32O3Si3/c1-7-21(3,4)19-23(18,20-22(5,6)8-2)12-11-17-14-15-9-10-16(17)13-15/h7-10,15-18H,1-2,11-14H2,3-6H3. The number of hydrogen-bond acceptors (Lipinski definition) is 3. The van der Waals surface area contributed by atoms with Crippen LogP contribution in [0.5, 0.6) is 0 Å². The lowest BCUT2D eigenvalue weighted by Crippen LogP contribution is -2.55. The number of allylic oxidation sites excluding steroid dienone is 2. The van der Waals surface area contributed by atoms with Gasteiger partial charge in [0.25, 0.3) is 0 Å². The Morgan fingerprint density at radius 3 is 2.00 bits per heavy atom. The highest BCUT2D eigenvalue weighted by molar-refractivity contribution is 6.89. The Balaban J connectivity index is 2.04. The minimum Gasteiger partial charge on any atom is -0.412 e. The predicted molar refractivity (Wildman–Crippen MR) is 104 cm³/mol. The molecule has 2 aliphatic carbocycles. The molecule has 2 rings (SSSR count). The number of hydrogen-bond donors (Lipinski definition) is 1. The highest BCUT2D eigenvalue weighted by Crippen LogP contribution is 2.46. The highest BCUT2D eigenvalue weighted by Gasteiger charge is 2.47. The van der Waals surface area contributed by atoms with Gasteiger partial charge in [-0.25, -0.2) is 0 Å². The van der Waals surface area contributed by atoms with Gasteiger partial charge in [0, 0.05) is 6.04 Å². The zero-order valence-corrected chi connectivity index (χ0v) is 18.0. The van der Waals surface area contributed by atoms with E-state index in [2.05, 4.69) is 51.5 Å². The van der Waals surface area contributed by atoms with Crippen molar-refractivity contribution in [1.82, 2.24) is 0 Å². The second kappa shape index (κ2) is 6.93. The average molecular weight is 369 g/mol. The summed E-state index contributed by atoms with van der Waals surface area (Å²) in [5.74, 6) is 2.14. The van der Waals surface area contributed by atoms with Crippen molar-refractivity contribution < 1.29 is 13.0 Å². The third kappa shape index (κ3) is 5.11. The Hall–Kier alpha value is -0.249. The Morgan fingerprint density at radius 2 is 1.61 bits per heavy atom. The van der Waals surface area contributed by atoms with Crippen molar-refractivity contribution in [3.05, 3.63) is 36.7 Å². The maximum absolute atomic E-state index is 11.2. The first-order chi connectivity index (χ1) is 10.6. The number of fused-ring (bicyclic) bond motifs is 2. The molecule has 0 aromatic carbocycles. The fourth-order valence-electron chi connectivity index (χ4n) is 3.62. The Kier molecular flexibility index (Phi) is 5.75. The van der Waals surface area contributed by atoms with Gasteiger partial charge in [-0.2, -0.15) is 0 Å². The molecule has 3 unspecified atom stereocenters. The molecule has 3 atom stereocenters. The lowest BCUT2D eigenvalue weighted by atomic mass is 9.91. The first kappa shape index (κ1) is 19.1. The summed E-state index contributed by atoms with van der Waals surface area (Å²) in [6.07, 6.45) is 8.28. The molecule has 1 saturated carbocycles. The zero-order valence-electron chi connectivity index (χ0n) is 15.0. The molecule has 1 fully saturated rings. The third-order valence-electron chi connectivity index (χ3n) is 5.08. The quantitative estimate of drug-likeness (QED) is 0.484. The summed E-state index contributed by atoms with van der Waals surface area (Å²) >= 11 is 0. The van der Waals surface area contributed by atoms with E-state index in [4.69, 9.17) is 8.23 Å². The molecule has 0 aliphatic heterocycles. The molecule has 0 spiro atoms. The van der Waals surface area contributed by atoms with Crippen molar-refractivity contribution in [1.29, 1.82) is 0 Å². The second-order valence-corrected chi connectivity index (χ2v) is 18.9. The van der Waals surface area contributed by atoms with E-state index in [1.165, 1.54) is 12.8 Å². The zero-order chi connectivity index (χ0) is 17.3. The Morgan fingerprint density at radius 1 is 1.04 bits per heavy atom. The van der Waals surface area contributed by atoms with Gasteiger partial charge in [-0.3, -0.25) is 0 Å². The van der Waals surface area contributed by atoms with Gasteiger partial charge in [0.2, 0.25) is 16.6 Å². The molecule has 6 heteroatoms. The molecule has 0 amide bonds. The van der Waals surface area contributed by atoms with Crippen LogP contribution in [0.4, 0.5) is 0 Å². The Labute approximate surface area is 144 Å². The fourth-order valence-corrected chi connectivity index (χ4v) is 13.0. The van der Waals surface area contributed by atoms with Crippen LogP contribution in [0.2, 0.25) is 32.2 Å². The van der Waals surface area contributed by atoms with Gasteiger partial charge in [-0.1, -0.05) is 23.6 Å². The predicted octanol–water partition coefficient (Wildman–Crippen LogP) is 4.41. The van der Waals surface area contributed by atoms with Crippen LogP contribution in [0.15, 0.2) is 36.7 Å². The van der Waals surface area contributed by atoms with Gasteiger partial charge in [0.15, 0.2) is 0 Å². The summed E-state index contributed by atoms with van der Waals surface area (Å²) in [7, 11) is -7.39. The van der Waals surface area contributed by atoms with Crippen molar-refractivity contribution >= 4 is 25.4 Å². The van der Waals surface area contributed by atoms with Crippen LogP contribution >= 0.6 is 0 Å². The van der Waals surface area contributed by atoms with E-state index in [0.717, 1.165) is 12.3 Å². The van der Waals surface area contributed by atoms with Crippen molar-refractivity contribution in [2.45, 2.75) is 51.5 Å². The SMILES string of the molecule is C=C[Si](C)(C)O[Si](O)(CCC1CC2C=CC1C2)O[Si](C)(C)C=C. The summed E-state index contributed by atoms with van der Waals surface area (Å²) in [4.78, 5) is 11.2. The topological polar surface area (TPSA) is 38.7 Å². The molecule has 0 heterocycles. The molecule has 2 bridgehead atoms. The van der Waals surface area contributed by atoms with Gasteiger partial charge in [0.05, 0.1) is 0 Å². The second-order valence-electron chi connectivity index (χ2n) is 8.11. The van der Waals surface area contributed by atoms with Crippen LogP contribution in [0, 0.1) is 17.8 Å². The van der Waals surface area contributed by atoms with E-state index < -0.39 is 25.4 Å². The first-order valence-electron chi connectivity index (χ1n) is 8.66. The van der Waals surface area contributed by atoms with Gasteiger partial charge in [-0.05, 0) is 63.2 Å². The molecule has 130 valence electrons. The van der Waals surface area contributed by atoms with Crippen LogP contribution in [-0.4, -0.2) is 30.2 Å². The van der Waals surface area contributed by atoms with Crippen LogP contribution in [0.25, 0.3) is 0 Å². The summed E-state index contributed by atoms with van der Waals surface area (Å²) < 4.78 is 12.4. The molecule has 0 aromatic rings. The average Bonchev–Trinajstić information content (AvgIpc) is 3.06. The monoisotopic (exact) mass is 368 g/mol. The van der Waals surface area contributed by atoms with Crippen LogP contribution in [0.1, 0.15) is 19.3 Å². The summed E-state index contributed by atoms with van der Waals surface area (Å²) in [6, 6.07) is 0.656. The van der Waals surface area contributed by atoms with Crippen molar-refractivity contribution in [2.75, 3.05) is 0 Å². The van der Waals surface area contributed by atoms with Crippen LogP contribution in [-0.2, 0) is 8.23 Å². The minimum absolute atomic E-state index is 0.656. The van der Waals surface area contributed by atoms with Gasteiger partial charge >= 0.3 is 8.80 Å². The summed E-state index contributed by atoms with van der Waals surface area (Å²) in [6.45, 7) is 16.0. The molecule has 1 N–H and O–H groups in total. The third-order valence-corrected chi connectivity index (χ3v) is 14.7. The highest BCUT2D eigenvalue weighted by atomic mass is 28.5. The van der Waals surface area contributed by atoms with Gasteiger partial charge in [-0.15, -0.1) is 13.2 Å². The van der Waals surface area contributed by atoms with E-state index >= 15 is 0 Å². The normalized spacial score (nSPS) is 27.4. The summed E-state index contributed by atoms with van der Waals surface area (Å²) in [5, 5.41) is 0. The largest absolute Gasteiger partial charge is 0.477 e. The number of rotatable bonds is 9.